The first-order chi connectivity index (χ1) is 20.9. The van der Waals surface area contributed by atoms with Gasteiger partial charge in [-0.2, -0.15) is 0 Å². The normalized spacial score (nSPS) is 47.5. The van der Waals surface area contributed by atoms with Crippen LogP contribution in [0.3, 0.4) is 0 Å². The molecule has 4 aliphatic carbocycles. The molecule has 13 unspecified atom stereocenters. The number of epoxide rings is 1. The van der Waals surface area contributed by atoms with Crippen LogP contribution in [0.25, 0.3) is 0 Å². The van der Waals surface area contributed by atoms with Crippen LogP contribution in [0.1, 0.15) is 125 Å². The van der Waals surface area contributed by atoms with Gasteiger partial charge in [-0.25, -0.2) is 0 Å². The van der Waals surface area contributed by atoms with Crippen molar-refractivity contribution in [3.63, 3.8) is 0 Å². The molecule has 2 heterocycles. The molecule has 0 amide bonds. The summed E-state index contributed by atoms with van der Waals surface area (Å²) in [5.74, 6) is 0.255. The molecule has 5 fully saturated rings. The van der Waals surface area contributed by atoms with Crippen molar-refractivity contribution in [1.29, 1.82) is 0 Å². The Morgan fingerprint density at radius 1 is 1.00 bits per heavy atom. The van der Waals surface area contributed by atoms with Crippen LogP contribution < -0.4 is 11.1 Å². The molecule has 2 aliphatic heterocycles. The van der Waals surface area contributed by atoms with Crippen molar-refractivity contribution < 1.29 is 30.0 Å². The number of ketones is 1. The largest absolute Gasteiger partial charge is 0.393 e. The van der Waals surface area contributed by atoms with Crippen molar-refractivity contribution in [2.45, 2.75) is 166 Å². The van der Waals surface area contributed by atoms with E-state index in [1.54, 1.807) is 6.08 Å². The lowest BCUT2D eigenvalue weighted by atomic mass is 9.45. The van der Waals surface area contributed by atoms with Crippen molar-refractivity contribution in [2.24, 2.45) is 45.7 Å². The second-order valence-corrected chi connectivity index (χ2v) is 17.7. The van der Waals surface area contributed by atoms with Crippen LogP contribution in [-0.4, -0.2) is 74.0 Å². The Labute approximate surface area is 270 Å². The molecular formula is C37H62N2O6. The highest BCUT2D eigenvalue weighted by Crippen LogP contribution is 2.70. The summed E-state index contributed by atoms with van der Waals surface area (Å²) in [6.45, 7) is 13.5. The molecule has 7 N–H and O–H groups in total. The first-order valence-electron chi connectivity index (χ1n) is 18.2. The van der Waals surface area contributed by atoms with Crippen molar-refractivity contribution in [3.8, 4) is 0 Å². The lowest BCUT2D eigenvalue weighted by molar-refractivity contribution is -0.157. The fourth-order valence-corrected chi connectivity index (χ4v) is 11.5. The van der Waals surface area contributed by atoms with Gasteiger partial charge in [0.05, 0.1) is 29.1 Å². The van der Waals surface area contributed by atoms with Gasteiger partial charge in [0, 0.05) is 11.3 Å². The van der Waals surface area contributed by atoms with E-state index in [4.69, 9.17) is 10.5 Å². The summed E-state index contributed by atoms with van der Waals surface area (Å²) in [6, 6.07) is 0. The molecular weight excluding hydrogens is 568 g/mol. The minimum Gasteiger partial charge on any atom is -0.393 e. The van der Waals surface area contributed by atoms with E-state index in [0.29, 0.717) is 38.0 Å². The van der Waals surface area contributed by atoms with Crippen LogP contribution in [0.15, 0.2) is 11.6 Å². The number of ether oxygens (including phenoxy) is 1. The molecule has 0 aromatic rings. The third-order valence-electron chi connectivity index (χ3n) is 15.0. The van der Waals surface area contributed by atoms with Gasteiger partial charge in [0.2, 0.25) is 0 Å². The molecule has 45 heavy (non-hydrogen) atoms. The number of hydrogen-bond donors (Lipinski definition) is 6. The number of carbonyl (C=O) groups is 1. The number of allylic oxidation sites excluding steroid dienone is 1. The van der Waals surface area contributed by atoms with Crippen LogP contribution in [-0.2, 0) is 9.53 Å². The van der Waals surface area contributed by atoms with Crippen LogP contribution in [0, 0.1) is 39.9 Å². The summed E-state index contributed by atoms with van der Waals surface area (Å²) in [7, 11) is 0. The molecule has 3 saturated carbocycles. The van der Waals surface area contributed by atoms with Gasteiger partial charge in [-0.15, -0.1) is 0 Å². The zero-order valence-corrected chi connectivity index (χ0v) is 28.8. The minimum absolute atomic E-state index is 0.0383. The number of aliphatic hydroxyl groups excluding tert-OH is 1. The Balaban J connectivity index is 1.24. The fraction of sp³-hybridized carbons (Fsp3) is 0.919. The van der Waals surface area contributed by atoms with E-state index in [1.165, 1.54) is 0 Å². The molecule has 8 nitrogen and oxygen atoms in total. The van der Waals surface area contributed by atoms with Crippen molar-refractivity contribution >= 4 is 5.78 Å². The Bertz CT molecular complexity index is 1190. The van der Waals surface area contributed by atoms with Crippen molar-refractivity contribution in [2.75, 3.05) is 6.54 Å². The molecule has 6 aliphatic rings. The molecule has 256 valence electrons. The van der Waals surface area contributed by atoms with Crippen LogP contribution in [0.5, 0.6) is 0 Å². The van der Waals surface area contributed by atoms with Crippen molar-refractivity contribution in [1.82, 2.24) is 5.32 Å². The predicted molar refractivity (Wildman–Crippen MR) is 174 cm³/mol. The number of carbonyl (C=O) groups excluding carboxylic acids is 1. The highest BCUT2D eigenvalue weighted by molar-refractivity contribution is 5.95. The van der Waals surface area contributed by atoms with Gasteiger partial charge in [-0.1, -0.05) is 41.0 Å². The Morgan fingerprint density at radius 3 is 2.42 bits per heavy atom. The lowest BCUT2D eigenvalue weighted by Gasteiger charge is -2.60. The highest BCUT2D eigenvalue weighted by Gasteiger charge is 2.73. The number of fused-ring (bicyclic) bond motifs is 5. The molecule has 0 aromatic heterocycles. The SMILES string of the molecule is CCCC(O)(C1OC1C(C)(O)C(C)(C)CCC1CCNC(N)C1)C1CCC2(O)C3=CC(=O)C4CC(O)CCC4(C)C3CCC12C. The molecule has 0 bridgehead atoms. The minimum atomic E-state index is -1.20. The Hall–Kier alpha value is -0.870. The predicted octanol–water partition coefficient (Wildman–Crippen LogP) is 4.36. The van der Waals surface area contributed by atoms with Gasteiger partial charge < -0.3 is 36.2 Å². The summed E-state index contributed by atoms with van der Waals surface area (Å²) < 4.78 is 6.38. The highest BCUT2D eigenvalue weighted by atomic mass is 16.6. The topological polar surface area (TPSA) is 149 Å². The van der Waals surface area contributed by atoms with E-state index in [1.807, 2.05) is 6.92 Å². The molecule has 2 saturated heterocycles. The van der Waals surface area contributed by atoms with Crippen molar-refractivity contribution in [3.05, 3.63) is 11.6 Å². The van der Waals surface area contributed by atoms with Gasteiger partial charge >= 0.3 is 0 Å². The first kappa shape index (κ1) is 34.0. The number of hydrogen-bond acceptors (Lipinski definition) is 8. The maximum atomic E-state index is 13.6. The third-order valence-corrected chi connectivity index (χ3v) is 15.0. The van der Waals surface area contributed by atoms with Gasteiger partial charge in [0.25, 0.3) is 0 Å². The average molecular weight is 631 g/mol. The van der Waals surface area contributed by atoms with E-state index in [2.05, 4.69) is 39.9 Å². The maximum Gasteiger partial charge on any atom is 0.159 e. The molecule has 6 rings (SSSR count). The summed E-state index contributed by atoms with van der Waals surface area (Å²) in [4.78, 5) is 13.6. The standard InChI is InChI=1S/C37H62N2O6/c1-7-13-36(43,31-30(45-31)35(6,42)32(2,3)14-8-22-12-18-39-29(38)19-22)28-11-17-37(44)25-21-27(41)26-20-23(40)9-15-33(26,4)24(25)10-16-34(28,37)5/h21-24,26,28-31,39-40,42-44H,7-20,38H2,1-6H3. The summed E-state index contributed by atoms with van der Waals surface area (Å²) in [5, 5.41) is 51.3. The smallest absolute Gasteiger partial charge is 0.159 e. The molecule has 0 aromatic carbocycles. The van der Waals surface area contributed by atoms with E-state index in [9.17, 15) is 25.2 Å². The fourth-order valence-electron chi connectivity index (χ4n) is 11.5. The van der Waals surface area contributed by atoms with Gasteiger partial charge in [-0.05, 0) is 131 Å². The van der Waals surface area contributed by atoms with Crippen LogP contribution in [0.4, 0.5) is 0 Å². The first-order valence-corrected chi connectivity index (χ1v) is 18.2. The van der Waals surface area contributed by atoms with Gasteiger partial charge in [0.15, 0.2) is 5.78 Å². The Morgan fingerprint density at radius 2 is 1.73 bits per heavy atom. The second-order valence-electron chi connectivity index (χ2n) is 17.7. The van der Waals surface area contributed by atoms with E-state index in [0.717, 1.165) is 63.5 Å². The molecule has 0 radical (unpaired) electrons. The molecule has 8 heteroatoms. The van der Waals surface area contributed by atoms with Gasteiger partial charge in [0.1, 0.15) is 12.2 Å². The quantitative estimate of drug-likeness (QED) is 0.206. The number of aliphatic hydroxyl groups is 4. The van der Waals surface area contributed by atoms with Crippen LogP contribution in [0.2, 0.25) is 0 Å². The second kappa shape index (κ2) is 11.3. The van der Waals surface area contributed by atoms with E-state index >= 15 is 0 Å². The van der Waals surface area contributed by atoms with Crippen LogP contribution >= 0.6 is 0 Å². The molecule has 13 atom stereocenters. The van der Waals surface area contributed by atoms with Gasteiger partial charge in [-0.3, -0.25) is 4.79 Å². The monoisotopic (exact) mass is 630 g/mol. The molecule has 0 spiro atoms. The Kier molecular flexibility index (Phi) is 8.58. The summed E-state index contributed by atoms with van der Waals surface area (Å²) in [6.07, 6.45) is 10.3. The summed E-state index contributed by atoms with van der Waals surface area (Å²) in [5.41, 5.74) is 2.20. The third kappa shape index (κ3) is 5.14. The number of rotatable bonds is 9. The maximum absolute atomic E-state index is 13.6. The lowest BCUT2D eigenvalue weighted by Crippen LogP contribution is -2.62. The van der Waals surface area contributed by atoms with E-state index < -0.39 is 45.9 Å². The zero-order chi connectivity index (χ0) is 32.8. The summed E-state index contributed by atoms with van der Waals surface area (Å²) >= 11 is 0. The zero-order valence-electron chi connectivity index (χ0n) is 28.8. The average Bonchev–Trinajstić information content (AvgIpc) is 3.74. The number of piperidine rings is 1. The number of nitrogens with two attached hydrogens (primary N) is 1. The van der Waals surface area contributed by atoms with E-state index in [-0.39, 0.29) is 35.1 Å². The number of nitrogens with one attached hydrogen (secondary N) is 1.